The van der Waals surface area contributed by atoms with Gasteiger partial charge in [-0.15, -0.1) is 0 Å². The number of hydrogen-bond acceptors (Lipinski definition) is 4. The van der Waals surface area contributed by atoms with Crippen molar-refractivity contribution < 1.29 is 23.5 Å². The Morgan fingerprint density at radius 3 is 2.41 bits per heavy atom. The highest BCUT2D eigenvalue weighted by Crippen LogP contribution is 2.36. The summed E-state index contributed by atoms with van der Waals surface area (Å²) in [6.07, 6.45) is 0.785. The minimum Gasteiger partial charge on any atom is -0.496 e. The van der Waals surface area contributed by atoms with E-state index in [1.807, 2.05) is 26.8 Å². The fourth-order valence-corrected chi connectivity index (χ4v) is 4.01. The molecule has 172 valence electrons. The lowest BCUT2D eigenvalue weighted by Crippen LogP contribution is -2.51. The first-order valence-corrected chi connectivity index (χ1v) is 10.8. The number of nitrogens with one attached hydrogen (secondary N) is 1. The summed E-state index contributed by atoms with van der Waals surface area (Å²) in [4.78, 5) is 27.1. The molecule has 1 aliphatic rings. The Kier molecular flexibility index (Phi) is 7.06. The molecule has 2 amide bonds. The third-order valence-corrected chi connectivity index (χ3v) is 5.75. The number of carbonyl (C=O) groups is 2. The first-order valence-electron chi connectivity index (χ1n) is 10.8. The highest BCUT2D eigenvalue weighted by Gasteiger charge is 2.39. The van der Waals surface area contributed by atoms with Crippen molar-refractivity contribution >= 4 is 12.0 Å². The Morgan fingerprint density at radius 2 is 1.78 bits per heavy atom. The van der Waals surface area contributed by atoms with E-state index in [2.05, 4.69) is 5.32 Å². The van der Waals surface area contributed by atoms with Crippen LogP contribution < -0.4 is 10.1 Å². The fourth-order valence-electron chi connectivity index (χ4n) is 4.01. The van der Waals surface area contributed by atoms with Gasteiger partial charge >= 0.3 is 6.09 Å². The number of amides is 2. The Balaban J connectivity index is 1.78. The minimum atomic E-state index is -0.573. The quantitative estimate of drug-likeness (QED) is 0.739. The van der Waals surface area contributed by atoms with Gasteiger partial charge < -0.3 is 19.7 Å². The zero-order chi connectivity index (χ0) is 23.4. The Labute approximate surface area is 188 Å². The molecule has 2 aromatic rings. The maximum atomic E-state index is 14.1. The molecule has 0 aromatic heterocycles. The largest absolute Gasteiger partial charge is 0.496 e. The lowest BCUT2D eigenvalue weighted by Gasteiger charge is -2.42. The first-order chi connectivity index (χ1) is 15.1. The number of carbonyl (C=O) groups excluding carboxylic acids is 2. The van der Waals surface area contributed by atoms with Gasteiger partial charge in [0.15, 0.2) is 0 Å². The van der Waals surface area contributed by atoms with E-state index in [-0.39, 0.29) is 17.8 Å². The number of rotatable bonds is 5. The van der Waals surface area contributed by atoms with Gasteiger partial charge in [0, 0.05) is 25.0 Å². The summed E-state index contributed by atoms with van der Waals surface area (Å²) in [5, 5.41) is 3.01. The second-order valence-corrected chi connectivity index (χ2v) is 9.14. The van der Waals surface area contributed by atoms with E-state index in [1.165, 1.54) is 19.2 Å². The maximum absolute atomic E-state index is 14.1. The lowest BCUT2D eigenvalue weighted by molar-refractivity contribution is 0.0162. The number of para-hydroxylation sites is 1. The molecule has 0 atom stereocenters. The molecular weight excluding hydrogens is 411 g/mol. The molecule has 0 spiro atoms. The summed E-state index contributed by atoms with van der Waals surface area (Å²) >= 11 is 0. The highest BCUT2D eigenvalue weighted by molar-refractivity contribution is 5.97. The normalized spacial score (nSPS) is 15.7. The second kappa shape index (κ2) is 9.59. The van der Waals surface area contributed by atoms with Crippen LogP contribution in [0.25, 0.3) is 0 Å². The molecule has 0 aliphatic carbocycles. The summed E-state index contributed by atoms with van der Waals surface area (Å²) in [7, 11) is 1.52. The van der Waals surface area contributed by atoms with Crippen LogP contribution in [0.2, 0.25) is 0 Å². The first kappa shape index (κ1) is 23.6. The molecule has 1 saturated heterocycles. The number of nitrogens with zero attached hydrogens (tertiary/aromatic N) is 1. The molecule has 0 bridgehead atoms. The topological polar surface area (TPSA) is 67.9 Å². The van der Waals surface area contributed by atoms with Gasteiger partial charge in [-0.1, -0.05) is 24.3 Å². The van der Waals surface area contributed by atoms with Crippen molar-refractivity contribution in [2.45, 2.75) is 44.6 Å². The lowest BCUT2D eigenvalue weighted by atomic mass is 9.72. The van der Waals surface area contributed by atoms with E-state index in [0.29, 0.717) is 43.8 Å². The van der Waals surface area contributed by atoms with Gasteiger partial charge in [0.2, 0.25) is 0 Å². The van der Waals surface area contributed by atoms with Gasteiger partial charge in [-0.2, -0.15) is 0 Å². The smallest absolute Gasteiger partial charge is 0.410 e. The van der Waals surface area contributed by atoms with Crippen LogP contribution in [0, 0.1) is 5.82 Å². The summed E-state index contributed by atoms with van der Waals surface area (Å²) in [5.41, 5.74) is 0.173. The van der Waals surface area contributed by atoms with Crippen LogP contribution in [0.15, 0.2) is 48.5 Å². The molecule has 7 heteroatoms. The molecule has 0 saturated carbocycles. The third kappa shape index (κ3) is 5.58. The van der Waals surface area contributed by atoms with Crippen molar-refractivity contribution in [1.29, 1.82) is 0 Å². The van der Waals surface area contributed by atoms with Gasteiger partial charge in [-0.05, 0) is 63.4 Å². The van der Waals surface area contributed by atoms with Crippen molar-refractivity contribution in [3.05, 3.63) is 65.5 Å². The van der Waals surface area contributed by atoms with Crippen molar-refractivity contribution in [2.24, 2.45) is 0 Å². The summed E-state index contributed by atoms with van der Waals surface area (Å²) < 4.78 is 24.8. The van der Waals surface area contributed by atoms with Crippen molar-refractivity contribution in [3.8, 4) is 5.75 Å². The van der Waals surface area contributed by atoms with E-state index in [0.717, 1.165) is 5.56 Å². The zero-order valence-electron chi connectivity index (χ0n) is 19.1. The van der Waals surface area contributed by atoms with Crippen molar-refractivity contribution in [2.75, 3.05) is 26.7 Å². The van der Waals surface area contributed by atoms with Gasteiger partial charge in [-0.25, -0.2) is 9.18 Å². The van der Waals surface area contributed by atoms with Crippen molar-refractivity contribution in [3.63, 3.8) is 0 Å². The number of ether oxygens (including phenoxy) is 2. The Hall–Kier alpha value is -3.09. The van der Waals surface area contributed by atoms with E-state index in [1.54, 1.807) is 35.2 Å². The third-order valence-electron chi connectivity index (χ3n) is 5.75. The van der Waals surface area contributed by atoms with Gasteiger partial charge in [-0.3, -0.25) is 4.79 Å². The van der Waals surface area contributed by atoms with E-state index in [4.69, 9.17) is 9.47 Å². The van der Waals surface area contributed by atoms with Gasteiger partial charge in [0.05, 0.1) is 12.7 Å². The molecule has 1 heterocycles. The molecule has 0 radical (unpaired) electrons. The van der Waals surface area contributed by atoms with Gasteiger partial charge in [0.25, 0.3) is 5.91 Å². The number of piperidine rings is 1. The predicted octanol–water partition coefficient (Wildman–Crippen LogP) is 4.53. The molecule has 32 heavy (non-hydrogen) atoms. The maximum Gasteiger partial charge on any atom is 0.410 e. The number of methoxy groups -OCH3 is 1. The van der Waals surface area contributed by atoms with Crippen LogP contribution in [0.4, 0.5) is 9.18 Å². The minimum absolute atomic E-state index is 0.257. The van der Waals surface area contributed by atoms with Crippen LogP contribution in [0.5, 0.6) is 5.75 Å². The molecule has 6 nitrogen and oxygen atoms in total. The molecule has 0 unspecified atom stereocenters. The number of likely N-dealkylation sites (tertiary alicyclic amines) is 1. The summed E-state index contributed by atoms with van der Waals surface area (Å²) in [5.74, 6) is -0.0927. The molecule has 1 aliphatic heterocycles. The average molecular weight is 443 g/mol. The van der Waals surface area contributed by atoms with Crippen LogP contribution >= 0.6 is 0 Å². The molecule has 1 N–H and O–H groups in total. The molecule has 3 rings (SSSR count). The predicted molar refractivity (Wildman–Crippen MR) is 120 cm³/mol. The Morgan fingerprint density at radius 1 is 1.09 bits per heavy atom. The second-order valence-electron chi connectivity index (χ2n) is 9.14. The Bertz CT molecular complexity index is 962. The van der Waals surface area contributed by atoms with Crippen molar-refractivity contribution in [1.82, 2.24) is 10.2 Å². The van der Waals surface area contributed by atoms with E-state index < -0.39 is 11.0 Å². The fraction of sp³-hybridized carbons (Fsp3) is 0.440. The van der Waals surface area contributed by atoms with Gasteiger partial charge in [0.1, 0.15) is 17.2 Å². The summed E-state index contributed by atoms with van der Waals surface area (Å²) in [6.45, 7) is 6.72. The zero-order valence-corrected chi connectivity index (χ0v) is 19.1. The average Bonchev–Trinajstić information content (AvgIpc) is 2.76. The van der Waals surface area contributed by atoms with E-state index in [9.17, 15) is 14.0 Å². The highest BCUT2D eigenvalue weighted by atomic mass is 19.1. The van der Waals surface area contributed by atoms with Crippen LogP contribution in [0.1, 0.15) is 49.5 Å². The van der Waals surface area contributed by atoms with Crippen LogP contribution in [-0.4, -0.2) is 49.2 Å². The van der Waals surface area contributed by atoms with E-state index >= 15 is 0 Å². The monoisotopic (exact) mass is 442 g/mol. The standard InChI is InChI=1S/C25H31FN2O4/c1-24(2,3)32-23(30)28-14-12-25(13-15-28,18-8-7-9-19(26)16-18)17-27-22(29)20-10-5-6-11-21(20)31-4/h5-11,16H,12-15,17H2,1-4H3,(H,27,29). The number of benzene rings is 2. The summed E-state index contributed by atoms with van der Waals surface area (Å²) in [6, 6.07) is 13.5. The molecular formula is C25H31FN2O4. The molecule has 2 aromatic carbocycles. The SMILES string of the molecule is COc1ccccc1C(=O)NCC1(c2cccc(F)c2)CCN(C(=O)OC(C)(C)C)CC1. The molecule has 1 fully saturated rings. The number of hydrogen-bond donors (Lipinski definition) is 1. The van der Waals surface area contributed by atoms with Crippen LogP contribution in [-0.2, 0) is 10.2 Å². The van der Waals surface area contributed by atoms with Crippen LogP contribution in [0.3, 0.4) is 0 Å². The number of halogens is 1.